The summed E-state index contributed by atoms with van der Waals surface area (Å²) >= 11 is 0. The first-order valence-electron chi connectivity index (χ1n) is 6.27. The first-order valence-corrected chi connectivity index (χ1v) is 6.27. The average molecular weight is 236 g/mol. The zero-order chi connectivity index (χ0) is 12.5. The van der Waals surface area contributed by atoms with Gasteiger partial charge in [-0.3, -0.25) is 9.48 Å². The zero-order valence-electron chi connectivity index (χ0n) is 10.5. The molecule has 0 bridgehead atoms. The van der Waals surface area contributed by atoms with Crippen LogP contribution in [0.5, 0.6) is 0 Å². The quantitative estimate of drug-likeness (QED) is 0.842. The number of rotatable bonds is 5. The standard InChI is InChI=1S/C13H20N2O2/c1-3-13(6-4-7-13)12(17)11(16)9-10-5-8-15(2)14-10/h5,8,12,17H,3-4,6-7,9H2,1-2H3. The van der Waals surface area contributed by atoms with Crippen LogP contribution in [0, 0.1) is 5.41 Å². The third-order valence-corrected chi connectivity index (χ3v) is 4.06. The van der Waals surface area contributed by atoms with Gasteiger partial charge in [0, 0.05) is 18.7 Å². The molecule has 1 unspecified atom stereocenters. The maximum atomic E-state index is 12.0. The third kappa shape index (κ3) is 2.27. The van der Waals surface area contributed by atoms with Crippen molar-refractivity contribution in [3.8, 4) is 0 Å². The molecule has 1 aliphatic carbocycles. The van der Waals surface area contributed by atoms with Crippen molar-refractivity contribution in [2.24, 2.45) is 12.5 Å². The van der Waals surface area contributed by atoms with Crippen LogP contribution in [0.15, 0.2) is 12.3 Å². The molecular weight excluding hydrogens is 216 g/mol. The molecule has 94 valence electrons. The fourth-order valence-electron chi connectivity index (χ4n) is 2.63. The Labute approximate surface area is 102 Å². The van der Waals surface area contributed by atoms with Crippen molar-refractivity contribution in [3.05, 3.63) is 18.0 Å². The highest BCUT2D eigenvalue weighted by molar-refractivity contribution is 5.85. The average Bonchev–Trinajstić information content (AvgIpc) is 2.63. The van der Waals surface area contributed by atoms with Gasteiger partial charge in [-0.1, -0.05) is 13.3 Å². The molecule has 1 N–H and O–H groups in total. The van der Waals surface area contributed by atoms with Gasteiger partial charge in [-0.15, -0.1) is 0 Å². The second-order valence-electron chi connectivity index (χ2n) is 5.10. The van der Waals surface area contributed by atoms with E-state index in [1.807, 2.05) is 19.3 Å². The summed E-state index contributed by atoms with van der Waals surface area (Å²) in [5.74, 6) is -0.0924. The molecule has 1 aromatic rings. The summed E-state index contributed by atoms with van der Waals surface area (Å²) in [5, 5.41) is 14.3. The van der Waals surface area contributed by atoms with Crippen molar-refractivity contribution in [1.29, 1.82) is 0 Å². The summed E-state index contributed by atoms with van der Waals surface area (Å²) < 4.78 is 1.67. The molecule has 17 heavy (non-hydrogen) atoms. The molecule has 0 spiro atoms. The number of hydrogen-bond acceptors (Lipinski definition) is 3. The molecule has 4 nitrogen and oxygen atoms in total. The van der Waals surface area contributed by atoms with Crippen molar-refractivity contribution in [2.45, 2.75) is 45.1 Å². The van der Waals surface area contributed by atoms with Crippen LogP contribution in [-0.2, 0) is 18.3 Å². The van der Waals surface area contributed by atoms with E-state index in [2.05, 4.69) is 12.0 Å². The molecule has 0 radical (unpaired) electrons. The number of aliphatic hydroxyl groups is 1. The van der Waals surface area contributed by atoms with Crippen molar-refractivity contribution >= 4 is 5.78 Å². The number of carbonyl (C=O) groups is 1. The van der Waals surface area contributed by atoms with Gasteiger partial charge in [-0.25, -0.2) is 0 Å². The fourth-order valence-corrected chi connectivity index (χ4v) is 2.63. The predicted molar refractivity (Wildman–Crippen MR) is 64.5 cm³/mol. The van der Waals surface area contributed by atoms with Gasteiger partial charge in [0.1, 0.15) is 6.10 Å². The Balaban J connectivity index is 2.00. The number of Topliss-reactive ketones (excluding diaryl/α,β-unsaturated/α-hetero) is 1. The van der Waals surface area contributed by atoms with Crippen molar-refractivity contribution in [2.75, 3.05) is 0 Å². The van der Waals surface area contributed by atoms with Crippen LogP contribution >= 0.6 is 0 Å². The Bertz CT molecular complexity index is 402. The molecule has 1 saturated carbocycles. The van der Waals surface area contributed by atoms with Crippen molar-refractivity contribution in [1.82, 2.24) is 9.78 Å². The molecule has 1 fully saturated rings. The number of aromatic nitrogens is 2. The Hall–Kier alpha value is -1.16. The van der Waals surface area contributed by atoms with Gasteiger partial charge in [0.25, 0.3) is 0 Å². The van der Waals surface area contributed by atoms with Crippen LogP contribution in [0.4, 0.5) is 0 Å². The molecule has 0 aromatic carbocycles. The lowest BCUT2D eigenvalue weighted by molar-refractivity contribution is -0.139. The number of aliphatic hydroxyl groups excluding tert-OH is 1. The molecule has 1 aliphatic rings. The lowest BCUT2D eigenvalue weighted by atomic mass is 9.62. The third-order valence-electron chi connectivity index (χ3n) is 4.06. The first kappa shape index (κ1) is 12.3. The molecule has 4 heteroatoms. The maximum absolute atomic E-state index is 12.0. The van der Waals surface area contributed by atoms with Crippen LogP contribution in [-0.4, -0.2) is 26.8 Å². The fraction of sp³-hybridized carbons (Fsp3) is 0.692. The van der Waals surface area contributed by atoms with Gasteiger partial charge in [0.2, 0.25) is 0 Å². The van der Waals surface area contributed by atoms with Gasteiger partial charge in [-0.05, 0) is 25.3 Å². The van der Waals surface area contributed by atoms with Crippen molar-refractivity contribution in [3.63, 3.8) is 0 Å². The lowest BCUT2D eigenvalue weighted by Crippen LogP contribution is -2.46. The monoisotopic (exact) mass is 236 g/mol. The SMILES string of the molecule is CCC1(C(O)C(=O)Cc2ccn(C)n2)CCC1. The molecular formula is C13H20N2O2. The van der Waals surface area contributed by atoms with E-state index in [9.17, 15) is 9.90 Å². The maximum Gasteiger partial charge on any atom is 0.167 e. The van der Waals surface area contributed by atoms with E-state index in [4.69, 9.17) is 0 Å². The minimum atomic E-state index is -0.816. The first-order chi connectivity index (χ1) is 8.07. The second kappa shape index (κ2) is 4.61. The van der Waals surface area contributed by atoms with Gasteiger partial charge >= 0.3 is 0 Å². The largest absolute Gasteiger partial charge is 0.385 e. The summed E-state index contributed by atoms with van der Waals surface area (Å²) in [7, 11) is 1.82. The highest BCUT2D eigenvalue weighted by Gasteiger charge is 2.44. The van der Waals surface area contributed by atoms with Crippen LogP contribution in [0.2, 0.25) is 0 Å². The van der Waals surface area contributed by atoms with E-state index in [1.54, 1.807) is 4.68 Å². The van der Waals surface area contributed by atoms with Crippen LogP contribution in [0.1, 0.15) is 38.3 Å². The number of hydrogen-bond donors (Lipinski definition) is 1. The number of ketones is 1. The normalized spacial score (nSPS) is 19.7. The summed E-state index contributed by atoms with van der Waals surface area (Å²) in [6.07, 6.45) is 5.18. The second-order valence-corrected chi connectivity index (χ2v) is 5.10. The Morgan fingerprint density at radius 1 is 1.65 bits per heavy atom. The minimum Gasteiger partial charge on any atom is -0.385 e. The number of carbonyl (C=O) groups excluding carboxylic acids is 1. The van der Waals surface area contributed by atoms with E-state index >= 15 is 0 Å². The Kier molecular flexibility index (Phi) is 3.33. The molecule has 1 heterocycles. The predicted octanol–water partition coefficient (Wildman–Crippen LogP) is 1.47. The summed E-state index contributed by atoms with van der Waals surface area (Å²) in [4.78, 5) is 12.0. The van der Waals surface area contributed by atoms with E-state index in [0.29, 0.717) is 0 Å². The zero-order valence-corrected chi connectivity index (χ0v) is 10.5. The molecule has 1 aromatic heterocycles. The summed E-state index contributed by atoms with van der Waals surface area (Å²) in [6.45, 7) is 2.05. The number of aryl methyl sites for hydroxylation is 1. The van der Waals surface area contributed by atoms with Crippen LogP contribution in [0.25, 0.3) is 0 Å². The van der Waals surface area contributed by atoms with Gasteiger partial charge in [0.15, 0.2) is 5.78 Å². The van der Waals surface area contributed by atoms with Crippen LogP contribution in [0.3, 0.4) is 0 Å². The summed E-state index contributed by atoms with van der Waals surface area (Å²) in [6, 6.07) is 1.82. The molecule has 0 amide bonds. The van der Waals surface area contributed by atoms with Gasteiger partial charge in [-0.2, -0.15) is 5.10 Å². The molecule has 1 atom stereocenters. The molecule has 2 rings (SSSR count). The molecule has 0 saturated heterocycles. The van der Waals surface area contributed by atoms with Crippen LogP contribution < -0.4 is 0 Å². The van der Waals surface area contributed by atoms with E-state index < -0.39 is 6.10 Å². The van der Waals surface area contributed by atoms with Gasteiger partial charge in [0.05, 0.1) is 12.1 Å². The Morgan fingerprint density at radius 3 is 2.76 bits per heavy atom. The van der Waals surface area contributed by atoms with E-state index in [0.717, 1.165) is 31.4 Å². The minimum absolute atomic E-state index is 0.0924. The van der Waals surface area contributed by atoms with Crippen molar-refractivity contribution < 1.29 is 9.90 Å². The number of nitrogens with zero attached hydrogens (tertiary/aromatic N) is 2. The lowest BCUT2D eigenvalue weighted by Gasteiger charge is -2.44. The highest BCUT2D eigenvalue weighted by atomic mass is 16.3. The van der Waals surface area contributed by atoms with E-state index in [1.165, 1.54) is 0 Å². The Morgan fingerprint density at radius 2 is 2.35 bits per heavy atom. The van der Waals surface area contributed by atoms with Gasteiger partial charge < -0.3 is 5.11 Å². The summed E-state index contributed by atoms with van der Waals surface area (Å²) in [5.41, 5.74) is 0.591. The van der Waals surface area contributed by atoms with E-state index in [-0.39, 0.29) is 17.6 Å². The highest BCUT2D eigenvalue weighted by Crippen LogP contribution is 2.47. The topological polar surface area (TPSA) is 55.1 Å². The smallest absolute Gasteiger partial charge is 0.167 e. The molecule has 0 aliphatic heterocycles.